The van der Waals surface area contributed by atoms with Crippen molar-refractivity contribution in [2.75, 3.05) is 39.8 Å². The molecule has 1 aromatic rings. The van der Waals surface area contributed by atoms with Crippen molar-refractivity contribution in [3.63, 3.8) is 0 Å². The molecule has 4 nitrogen and oxygen atoms in total. The highest BCUT2D eigenvalue weighted by Crippen LogP contribution is 2.48. The van der Waals surface area contributed by atoms with Crippen molar-refractivity contribution in [3.8, 4) is 0 Å². The minimum Gasteiger partial charge on any atom is -0.355 e. The van der Waals surface area contributed by atoms with Gasteiger partial charge >= 0.3 is 0 Å². The van der Waals surface area contributed by atoms with Crippen LogP contribution in [-0.4, -0.2) is 61.6 Å². The van der Waals surface area contributed by atoms with Crippen molar-refractivity contribution in [1.82, 2.24) is 15.1 Å². The van der Waals surface area contributed by atoms with Crippen LogP contribution < -0.4 is 5.32 Å². The summed E-state index contributed by atoms with van der Waals surface area (Å²) >= 11 is 6.19. The summed E-state index contributed by atoms with van der Waals surface area (Å²) < 4.78 is 0. The minimum atomic E-state index is 0. The summed E-state index contributed by atoms with van der Waals surface area (Å²) in [6, 6.07) is 9.06. The fraction of sp³-hybridized carbons (Fsp3) is 0.650. The molecule has 4 rings (SSSR count). The first-order chi connectivity index (χ1) is 12.2. The van der Waals surface area contributed by atoms with Crippen LogP contribution in [0, 0.1) is 0 Å². The van der Waals surface area contributed by atoms with Gasteiger partial charge in [0.2, 0.25) is 0 Å². The maximum absolute atomic E-state index is 6.19. The highest BCUT2D eigenvalue weighted by Gasteiger charge is 2.44. The quantitative estimate of drug-likeness (QED) is 0.398. The molecule has 0 aromatic heterocycles. The van der Waals surface area contributed by atoms with Crippen LogP contribution in [0.3, 0.4) is 0 Å². The summed E-state index contributed by atoms with van der Waals surface area (Å²) in [7, 11) is 1.91. The molecule has 0 radical (unpaired) electrons. The second kappa shape index (κ2) is 8.65. The van der Waals surface area contributed by atoms with E-state index in [2.05, 4.69) is 38.3 Å². The van der Waals surface area contributed by atoms with E-state index in [1.54, 1.807) is 0 Å². The number of nitrogens with zero attached hydrogens (tertiary/aromatic N) is 3. The van der Waals surface area contributed by atoms with Gasteiger partial charge in [-0.05, 0) is 62.9 Å². The van der Waals surface area contributed by atoms with Gasteiger partial charge in [-0.1, -0.05) is 23.7 Å². The number of guanidine groups is 1. The Labute approximate surface area is 179 Å². The average molecular weight is 489 g/mol. The molecule has 0 spiro atoms. The van der Waals surface area contributed by atoms with Gasteiger partial charge in [-0.3, -0.25) is 9.89 Å². The van der Waals surface area contributed by atoms with Gasteiger partial charge in [0.1, 0.15) is 0 Å². The predicted octanol–water partition coefficient (Wildman–Crippen LogP) is 3.74. The highest BCUT2D eigenvalue weighted by atomic mass is 127. The van der Waals surface area contributed by atoms with Crippen molar-refractivity contribution < 1.29 is 0 Å². The molecule has 144 valence electrons. The van der Waals surface area contributed by atoms with Crippen molar-refractivity contribution in [3.05, 3.63) is 34.9 Å². The lowest BCUT2D eigenvalue weighted by Gasteiger charge is -2.27. The number of rotatable bonds is 4. The van der Waals surface area contributed by atoms with Crippen molar-refractivity contribution >= 4 is 41.5 Å². The molecule has 6 heteroatoms. The van der Waals surface area contributed by atoms with Crippen LogP contribution in [0.15, 0.2) is 29.3 Å². The van der Waals surface area contributed by atoms with Gasteiger partial charge in [0.25, 0.3) is 0 Å². The second-order valence-corrected chi connectivity index (χ2v) is 8.26. The van der Waals surface area contributed by atoms with Crippen molar-refractivity contribution in [1.29, 1.82) is 0 Å². The number of benzene rings is 1. The minimum absolute atomic E-state index is 0. The number of hydrogen-bond acceptors (Lipinski definition) is 2. The predicted molar refractivity (Wildman–Crippen MR) is 120 cm³/mol. The SMILES string of the molecule is CN=C(NCC1(c2cccc(Cl)c2)CC1)N1CCC(N2CCCC2)C1.I. The van der Waals surface area contributed by atoms with E-state index in [1.165, 1.54) is 50.8 Å². The zero-order chi connectivity index (χ0) is 17.3. The lowest BCUT2D eigenvalue weighted by Crippen LogP contribution is -2.44. The van der Waals surface area contributed by atoms with Crippen LogP contribution in [0.2, 0.25) is 5.02 Å². The van der Waals surface area contributed by atoms with Gasteiger partial charge in [0.15, 0.2) is 5.96 Å². The Morgan fingerprint density at radius 2 is 2.04 bits per heavy atom. The molecular weight excluding hydrogens is 459 g/mol. The van der Waals surface area contributed by atoms with Gasteiger partial charge in [-0.25, -0.2) is 0 Å². The first-order valence-corrected chi connectivity index (χ1v) is 10.0. The van der Waals surface area contributed by atoms with Gasteiger partial charge in [-0.15, -0.1) is 24.0 Å². The molecule has 1 aliphatic carbocycles. The van der Waals surface area contributed by atoms with Crippen LogP contribution in [0.25, 0.3) is 0 Å². The topological polar surface area (TPSA) is 30.9 Å². The molecule has 1 atom stereocenters. The van der Waals surface area contributed by atoms with E-state index < -0.39 is 0 Å². The third kappa shape index (κ3) is 4.30. The molecule has 3 fully saturated rings. The van der Waals surface area contributed by atoms with Crippen LogP contribution in [0.1, 0.15) is 37.7 Å². The van der Waals surface area contributed by atoms with Crippen LogP contribution in [0.4, 0.5) is 0 Å². The summed E-state index contributed by atoms with van der Waals surface area (Å²) in [5.41, 5.74) is 1.61. The third-order valence-corrected chi connectivity index (χ3v) is 6.44. The Morgan fingerprint density at radius 1 is 1.27 bits per heavy atom. The summed E-state index contributed by atoms with van der Waals surface area (Å²) in [5, 5.41) is 4.49. The molecule has 1 unspecified atom stereocenters. The van der Waals surface area contributed by atoms with Gasteiger partial charge < -0.3 is 10.2 Å². The fourth-order valence-corrected chi connectivity index (χ4v) is 4.65. The van der Waals surface area contributed by atoms with E-state index in [0.717, 1.165) is 30.6 Å². The molecule has 3 aliphatic rings. The molecule has 2 aliphatic heterocycles. The lowest BCUT2D eigenvalue weighted by atomic mass is 9.96. The molecule has 1 N–H and O–H groups in total. The number of aliphatic imine (C=N–C) groups is 1. The van der Waals surface area contributed by atoms with E-state index in [0.29, 0.717) is 6.04 Å². The molecule has 2 saturated heterocycles. The lowest BCUT2D eigenvalue weighted by molar-refractivity contribution is 0.249. The van der Waals surface area contributed by atoms with Gasteiger partial charge in [-0.2, -0.15) is 0 Å². The summed E-state index contributed by atoms with van der Waals surface area (Å²) in [6.07, 6.45) is 6.46. The molecular formula is C20H30ClIN4. The first kappa shape index (κ1) is 20.2. The Hall–Kier alpha value is -0.530. The number of nitrogens with one attached hydrogen (secondary N) is 1. The van der Waals surface area contributed by atoms with Crippen LogP contribution in [0.5, 0.6) is 0 Å². The van der Waals surface area contributed by atoms with Gasteiger partial charge in [0, 0.05) is 43.2 Å². The Bertz CT molecular complexity index is 640. The average Bonchev–Trinajstić information content (AvgIpc) is 3.02. The molecule has 0 bridgehead atoms. The summed E-state index contributed by atoms with van der Waals surface area (Å²) in [5.74, 6) is 1.06. The number of likely N-dealkylation sites (tertiary alicyclic amines) is 2. The smallest absolute Gasteiger partial charge is 0.193 e. The van der Waals surface area contributed by atoms with E-state index in [1.807, 2.05) is 13.1 Å². The standard InChI is InChI=1S/C20H29ClN4.HI/c1-22-19(25-12-7-18(14-25)24-10-2-3-11-24)23-15-20(8-9-20)16-5-4-6-17(21)13-16;/h4-6,13,18H,2-3,7-12,14-15H2,1H3,(H,22,23);1H. The normalized spacial score (nSPS) is 25.2. The van der Waals surface area contributed by atoms with Crippen molar-refractivity contribution in [2.45, 2.75) is 43.6 Å². The zero-order valence-electron chi connectivity index (χ0n) is 15.6. The summed E-state index contributed by atoms with van der Waals surface area (Å²) in [6.45, 7) is 5.74. The van der Waals surface area contributed by atoms with E-state index in [-0.39, 0.29) is 29.4 Å². The van der Waals surface area contributed by atoms with Crippen LogP contribution in [-0.2, 0) is 5.41 Å². The zero-order valence-corrected chi connectivity index (χ0v) is 18.7. The number of hydrogen-bond donors (Lipinski definition) is 1. The highest BCUT2D eigenvalue weighted by molar-refractivity contribution is 14.0. The largest absolute Gasteiger partial charge is 0.355 e. The molecule has 0 amide bonds. The first-order valence-electron chi connectivity index (χ1n) is 9.66. The van der Waals surface area contributed by atoms with Gasteiger partial charge in [0.05, 0.1) is 0 Å². The Kier molecular flexibility index (Phi) is 6.73. The summed E-state index contributed by atoms with van der Waals surface area (Å²) in [4.78, 5) is 9.67. The molecule has 26 heavy (non-hydrogen) atoms. The maximum atomic E-state index is 6.19. The Balaban J connectivity index is 0.00000196. The second-order valence-electron chi connectivity index (χ2n) is 7.82. The molecule has 1 saturated carbocycles. The fourth-order valence-electron chi connectivity index (χ4n) is 4.46. The molecule has 2 heterocycles. The maximum Gasteiger partial charge on any atom is 0.193 e. The number of halogens is 2. The van der Waals surface area contributed by atoms with Crippen molar-refractivity contribution in [2.24, 2.45) is 4.99 Å². The van der Waals surface area contributed by atoms with E-state index >= 15 is 0 Å². The third-order valence-electron chi connectivity index (χ3n) is 6.21. The monoisotopic (exact) mass is 488 g/mol. The Morgan fingerprint density at radius 3 is 2.69 bits per heavy atom. The van der Waals surface area contributed by atoms with E-state index in [9.17, 15) is 0 Å². The molecule has 1 aromatic carbocycles. The van der Waals surface area contributed by atoms with E-state index in [4.69, 9.17) is 11.6 Å². The van der Waals surface area contributed by atoms with Crippen LogP contribution >= 0.6 is 35.6 Å².